The Morgan fingerprint density at radius 2 is 2.04 bits per heavy atom. The number of amides is 1. The molecule has 0 bridgehead atoms. The summed E-state index contributed by atoms with van der Waals surface area (Å²) in [6.45, 7) is 1.91. The molecule has 0 fully saturated rings. The number of nitrogens with one attached hydrogen (secondary N) is 2. The molecule has 128 valence electrons. The van der Waals surface area contributed by atoms with Crippen LogP contribution in [0.4, 0.5) is 17.5 Å². The van der Waals surface area contributed by atoms with Gasteiger partial charge in [-0.1, -0.05) is 11.6 Å². The summed E-state index contributed by atoms with van der Waals surface area (Å²) in [5.74, 6) is 1.33. The van der Waals surface area contributed by atoms with Gasteiger partial charge in [0.2, 0.25) is 5.95 Å². The van der Waals surface area contributed by atoms with E-state index in [0.29, 0.717) is 28.0 Å². The predicted octanol–water partition coefficient (Wildman–Crippen LogP) is 2.93. The third kappa shape index (κ3) is 3.68. The SMILES string of the molecule is CNc1nc(Nc2cc(OC)c(C(=O)N(C)C)cc2Cl)ncc1C. The third-order valence-electron chi connectivity index (χ3n) is 3.38. The zero-order chi connectivity index (χ0) is 17.9. The Morgan fingerprint density at radius 1 is 1.33 bits per heavy atom. The maximum atomic E-state index is 12.2. The molecule has 2 aromatic rings. The molecule has 1 aromatic heterocycles. The highest BCUT2D eigenvalue weighted by atomic mass is 35.5. The lowest BCUT2D eigenvalue weighted by molar-refractivity contribution is 0.0824. The van der Waals surface area contributed by atoms with Gasteiger partial charge in [-0.2, -0.15) is 4.98 Å². The summed E-state index contributed by atoms with van der Waals surface area (Å²) in [6, 6.07) is 3.22. The van der Waals surface area contributed by atoms with E-state index in [1.807, 2.05) is 6.92 Å². The molecule has 8 heteroatoms. The molecular weight excluding hydrogens is 330 g/mol. The van der Waals surface area contributed by atoms with Crippen LogP contribution in [0.1, 0.15) is 15.9 Å². The van der Waals surface area contributed by atoms with Crippen molar-refractivity contribution in [3.05, 3.63) is 34.5 Å². The number of nitrogens with zero attached hydrogens (tertiary/aromatic N) is 3. The number of halogens is 1. The van der Waals surface area contributed by atoms with Crippen LogP contribution in [-0.4, -0.2) is 49.0 Å². The molecule has 0 saturated carbocycles. The quantitative estimate of drug-likeness (QED) is 0.864. The van der Waals surface area contributed by atoms with Gasteiger partial charge in [0.15, 0.2) is 0 Å². The lowest BCUT2D eigenvalue weighted by Gasteiger charge is -2.16. The van der Waals surface area contributed by atoms with Gasteiger partial charge in [-0.05, 0) is 13.0 Å². The molecule has 0 saturated heterocycles. The molecule has 0 aliphatic heterocycles. The highest BCUT2D eigenvalue weighted by Crippen LogP contribution is 2.33. The molecule has 24 heavy (non-hydrogen) atoms. The minimum atomic E-state index is -0.190. The fourth-order valence-electron chi connectivity index (χ4n) is 2.10. The number of hydrogen-bond acceptors (Lipinski definition) is 6. The van der Waals surface area contributed by atoms with Crippen molar-refractivity contribution in [2.24, 2.45) is 0 Å². The standard InChI is InChI=1S/C16H20ClN5O2/c1-9-8-19-16(21-14(9)18-2)20-12-7-13(24-5)10(6-11(12)17)15(23)22(3)4/h6-8H,1-5H3,(H2,18,19,20,21). The minimum absolute atomic E-state index is 0.190. The van der Waals surface area contributed by atoms with E-state index in [4.69, 9.17) is 16.3 Å². The number of hydrogen-bond donors (Lipinski definition) is 2. The highest BCUT2D eigenvalue weighted by molar-refractivity contribution is 6.33. The zero-order valence-electron chi connectivity index (χ0n) is 14.3. The predicted molar refractivity (Wildman–Crippen MR) is 95.6 cm³/mol. The zero-order valence-corrected chi connectivity index (χ0v) is 15.0. The number of anilines is 3. The molecule has 0 aliphatic carbocycles. The van der Waals surface area contributed by atoms with Gasteiger partial charge in [-0.15, -0.1) is 0 Å². The molecule has 0 unspecified atom stereocenters. The lowest BCUT2D eigenvalue weighted by atomic mass is 10.1. The topological polar surface area (TPSA) is 79.4 Å². The second-order valence-corrected chi connectivity index (χ2v) is 5.74. The first-order chi connectivity index (χ1) is 11.4. The second kappa shape index (κ2) is 7.35. The summed E-state index contributed by atoms with van der Waals surface area (Å²) in [6.07, 6.45) is 1.70. The van der Waals surface area contributed by atoms with E-state index in [9.17, 15) is 4.79 Å². The summed E-state index contributed by atoms with van der Waals surface area (Å²) in [5.41, 5.74) is 1.87. The molecule has 0 aliphatic rings. The monoisotopic (exact) mass is 349 g/mol. The first-order valence-electron chi connectivity index (χ1n) is 7.25. The van der Waals surface area contributed by atoms with Crippen molar-refractivity contribution in [2.45, 2.75) is 6.92 Å². The van der Waals surface area contributed by atoms with E-state index in [2.05, 4.69) is 20.6 Å². The Bertz CT molecular complexity index is 764. The Labute approximate surface area is 146 Å². The van der Waals surface area contributed by atoms with Crippen molar-refractivity contribution in [2.75, 3.05) is 38.9 Å². The third-order valence-corrected chi connectivity index (χ3v) is 3.69. The minimum Gasteiger partial charge on any atom is -0.496 e. The van der Waals surface area contributed by atoms with Crippen molar-refractivity contribution in [1.82, 2.24) is 14.9 Å². The molecule has 1 amide bonds. The van der Waals surface area contributed by atoms with Gasteiger partial charge in [0.05, 0.1) is 23.4 Å². The van der Waals surface area contributed by atoms with E-state index in [0.717, 1.165) is 11.4 Å². The fraction of sp³-hybridized carbons (Fsp3) is 0.312. The second-order valence-electron chi connectivity index (χ2n) is 5.33. The average Bonchev–Trinajstić information content (AvgIpc) is 2.57. The molecule has 0 atom stereocenters. The molecular formula is C16H20ClN5O2. The van der Waals surface area contributed by atoms with Crippen molar-refractivity contribution in [3.8, 4) is 5.75 Å². The Hall–Kier alpha value is -2.54. The number of carbonyl (C=O) groups is 1. The van der Waals surface area contributed by atoms with Crippen LogP contribution in [0, 0.1) is 6.92 Å². The molecule has 2 rings (SSSR count). The van der Waals surface area contributed by atoms with E-state index >= 15 is 0 Å². The number of rotatable bonds is 5. The number of aryl methyl sites for hydroxylation is 1. The van der Waals surface area contributed by atoms with Crippen molar-refractivity contribution < 1.29 is 9.53 Å². The molecule has 0 spiro atoms. The average molecular weight is 350 g/mol. The number of benzene rings is 1. The van der Waals surface area contributed by atoms with E-state index in [-0.39, 0.29) is 5.91 Å². The maximum Gasteiger partial charge on any atom is 0.257 e. The molecule has 2 N–H and O–H groups in total. The Kier molecular flexibility index (Phi) is 5.46. The largest absolute Gasteiger partial charge is 0.496 e. The summed E-state index contributed by atoms with van der Waals surface area (Å²) in [7, 11) is 6.63. The van der Waals surface area contributed by atoms with E-state index in [1.165, 1.54) is 12.0 Å². The lowest BCUT2D eigenvalue weighted by Crippen LogP contribution is -2.22. The van der Waals surface area contributed by atoms with Gasteiger partial charge >= 0.3 is 0 Å². The van der Waals surface area contributed by atoms with Gasteiger partial charge < -0.3 is 20.3 Å². The van der Waals surface area contributed by atoms with Crippen molar-refractivity contribution in [3.63, 3.8) is 0 Å². The van der Waals surface area contributed by atoms with Crippen LogP contribution in [0.25, 0.3) is 0 Å². The first kappa shape index (κ1) is 17.8. The maximum absolute atomic E-state index is 12.2. The van der Waals surface area contributed by atoms with E-state index in [1.54, 1.807) is 39.5 Å². The van der Waals surface area contributed by atoms with Crippen LogP contribution in [0.15, 0.2) is 18.3 Å². The summed E-state index contributed by atoms with van der Waals surface area (Å²) in [4.78, 5) is 22.3. The number of ether oxygens (including phenoxy) is 1. The van der Waals surface area contributed by atoms with Gasteiger partial charge in [0.25, 0.3) is 5.91 Å². The number of methoxy groups -OCH3 is 1. The van der Waals surface area contributed by atoms with E-state index < -0.39 is 0 Å². The summed E-state index contributed by atoms with van der Waals surface area (Å²) in [5, 5.41) is 6.41. The van der Waals surface area contributed by atoms with Gasteiger partial charge in [0, 0.05) is 39.0 Å². The van der Waals surface area contributed by atoms with Gasteiger partial charge in [-0.3, -0.25) is 4.79 Å². The Balaban J connectivity index is 2.39. The van der Waals surface area contributed by atoms with Crippen LogP contribution in [0.2, 0.25) is 5.02 Å². The first-order valence-corrected chi connectivity index (χ1v) is 7.62. The van der Waals surface area contributed by atoms with Gasteiger partial charge in [0.1, 0.15) is 11.6 Å². The van der Waals surface area contributed by atoms with Gasteiger partial charge in [-0.25, -0.2) is 4.98 Å². The van der Waals surface area contributed by atoms with Crippen LogP contribution in [-0.2, 0) is 0 Å². The van der Waals surface area contributed by atoms with Crippen LogP contribution < -0.4 is 15.4 Å². The van der Waals surface area contributed by atoms with Crippen LogP contribution in [0.3, 0.4) is 0 Å². The molecule has 1 aromatic carbocycles. The van der Waals surface area contributed by atoms with Crippen LogP contribution >= 0.6 is 11.6 Å². The highest BCUT2D eigenvalue weighted by Gasteiger charge is 2.18. The molecule has 7 nitrogen and oxygen atoms in total. The fourth-order valence-corrected chi connectivity index (χ4v) is 2.31. The number of carbonyl (C=O) groups excluding carboxylic acids is 1. The normalized spacial score (nSPS) is 10.2. The summed E-state index contributed by atoms with van der Waals surface area (Å²) < 4.78 is 5.31. The van der Waals surface area contributed by atoms with Crippen molar-refractivity contribution in [1.29, 1.82) is 0 Å². The van der Waals surface area contributed by atoms with Crippen LogP contribution in [0.5, 0.6) is 5.75 Å². The number of aromatic nitrogens is 2. The molecule has 0 radical (unpaired) electrons. The summed E-state index contributed by atoms with van der Waals surface area (Å²) >= 11 is 6.30. The smallest absolute Gasteiger partial charge is 0.257 e. The molecule has 1 heterocycles. The Morgan fingerprint density at radius 3 is 2.62 bits per heavy atom. The van der Waals surface area contributed by atoms with Crippen molar-refractivity contribution >= 4 is 35.0 Å².